The Kier molecular flexibility index (Phi) is 4.39. The summed E-state index contributed by atoms with van der Waals surface area (Å²) >= 11 is 4.99. The van der Waals surface area contributed by atoms with Gasteiger partial charge in [-0.15, -0.1) is 0 Å². The van der Waals surface area contributed by atoms with Crippen LogP contribution in [-0.4, -0.2) is 18.5 Å². The van der Waals surface area contributed by atoms with Crippen molar-refractivity contribution < 1.29 is 9.53 Å². The van der Waals surface area contributed by atoms with Gasteiger partial charge in [-0.05, 0) is 28.8 Å². The SMILES string of the molecule is COC1(C(=O)c2cscc2Br)CCCCCC1. The van der Waals surface area contributed by atoms with Crippen LogP contribution in [0.1, 0.15) is 48.9 Å². The van der Waals surface area contributed by atoms with E-state index in [-0.39, 0.29) is 5.78 Å². The van der Waals surface area contributed by atoms with Crippen molar-refractivity contribution in [2.45, 2.75) is 44.1 Å². The lowest BCUT2D eigenvalue weighted by atomic mass is 9.86. The Morgan fingerprint density at radius 3 is 2.41 bits per heavy atom. The molecular weight excluding hydrogens is 300 g/mol. The maximum absolute atomic E-state index is 12.6. The van der Waals surface area contributed by atoms with Gasteiger partial charge in [-0.25, -0.2) is 0 Å². The van der Waals surface area contributed by atoms with E-state index in [0.29, 0.717) is 0 Å². The standard InChI is InChI=1S/C13H17BrO2S/c1-16-13(6-4-2-3-5-7-13)12(15)10-8-17-9-11(10)14/h8-9H,2-7H2,1H3. The molecule has 0 atom stereocenters. The molecule has 1 fully saturated rings. The summed E-state index contributed by atoms with van der Waals surface area (Å²) in [6.07, 6.45) is 6.30. The third-order valence-electron chi connectivity index (χ3n) is 3.58. The third kappa shape index (κ3) is 2.64. The zero-order chi connectivity index (χ0) is 12.3. The van der Waals surface area contributed by atoms with Crippen molar-refractivity contribution in [3.8, 4) is 0 Å². The molecule has 2 rings (SSSR count). The summed E-state index contributed by atoms with van der Waals surface area (Å²) in [7, 11) is 1.67. The van der Waals surface area contributed by atoms with Gasteiger partial charge in [0, 0.05) is 27.9 Å². The largest absolute Gasteiger partial charge is 0.370 e. The van der Waals surface area contributed by atoms with Gasteiger partial charge in [0.2, 0.25) is 0 Å². The van der Waals surface area contributed by atoms with E-state index in [1.54, 1.807) is 18.4 Å². The molecule has 1 aliphatic rings. The lowest BCUT2D eigenvalue weighted by Crippen LogP contribution is -2.40. The molecule has 94 valence electrons. The number of rotatable bonds is 3. The Bertz CT molecular complexity index is 392. The highest BCUT2D eigenvalue weighted by molar-refractivity contribution is 9.10. The Morgan fingerprint density at radius 2 is 1.94 bits per heavy atom. The van der Waals surface area contributed by atoms with Gasteiger partial charge in [0.15, 0.2) is 5.78 Å². The van der Waals surface area contributed by atoms with Gasteiger partial charge in [-0.3, -0.25) is 4.79 Å². The van der Waals surface area contributed by atoms with Crippen LogP contribution in [0.4, 0.5) is 0 Å². The number of methoxy groups -OCH3 is 1. The summed E-state index contributed by atoms with van der Waals surface area (Å²) in [5.41, 5.74) is 0.193. The predicted molar refractivity (Wildman–Crippen MR) is 73.8 cm³/mol. The number of Topliss-reactive ketones (excluding diaryl/α,β-unsaturated/α-hetero) is 1. The van der Waals surface area contributed by atoms with Gasteiger partial charge < -0.3 is 4.74 Å². The first-order valence-electron chi connectivity index (χ1n) is 6.01. The average molecular weight is 317 g/mol. The number of ketones is 1. The minimum atomic E-state index is -0.583. The number of ether oxygens (including phenoxy) is 1. The molecule has 2 nitrogen and oxygen atoms in total. The maximum Gasteiger partial charge on any atom is 0.196 e. The summed E-state index contributed by atoms with van der Waals surface area (Å²) in [5, 5.41) is 3.87. The fourth-order valence-corrected chi connectivity index (χ4v) is 3.97. The molecule has 1 aromatic heterocycles. The van der Waals surface area contributed by atoms with Gasteiger partial charge in [0.1, 0.15) is 5.60 Å². The Morgan fingerprint density at radius 1 is 1.29 bits per heavy atom. The number of carbonyl (C=O) groups is 1. The normalized spacial score (nSPS) is 19.9. The van der Waals surface area contributed by atoms with Crippen LogP contribution >= 0.6 is 27.3 Å². The molecule has 1 saturated carbocycles. The zero-order valence-electron chi connectivity index (χ0n) is 10.0. The van der Waals surface area contributed by atoms with Crippen LogP contribution in [0.5, 0.6) is 0 Å². The highest BCUT2D eigenvalue weighted by Gasteiger charge is 2.39. The minimum Gasteiger partial charge on any atom is -0.370 e. The lowest BCUT2D eigenvalue weighted by Gasteiger charge is -2.29. The van der Waals surface area contributed by atoms with Crippen molar-refractivity contribution in [2.24, 2.45) is 0 Å². The number of hydrogen-bond donors (Lipinski definition) is 0. The first kappa shape index (κ1) is 13.2. The fraction of sp³-hybridized carbons (Fsp3) is 0.615. The molecule has 0 spiro atoms. The Labute approximate surface area is 114 Å². The Balaban J connectivity index is 2.28. The molecule has 0 N–H and O–H groups in total. The molecule has 0 radical (unpaired) electrons. The summed E-state index contributed by atoms with van der Waals surface area (Å²) in [5.74, 6) is 0.148. The molecule has 0 bridgehead atoms. The molecule has 0 saturated heterocycles. The van der Waals surface area contributed by atoms with Crippen LogP contribution in [-0.2, 0) is 4.74 Å². The van der Waals surface area contributed by atoms with Gasteiger partial charge in [0.25, 0.3) is 0 Å². The zero-order valence-corrected chi connectivity index (χ0v) is 12.4. The molecule has 17 heavy (non-hydrogen) atoms. The number of hydrogen-bond acceptors (Lipinski definition) is 3. The quantitative estimate of drug-likeness (QED) is 0.609. The van der Waals surface area contributed by atoms with Crippen LogP contribution in [0.25, 0.3) is 0 Å². The van der Waals surface area contributed by atoms with Crippen molar-refractivity contribution in [1.82, 2.24) is 0 Å². The monoisotopic (exact) mass is 316 g/mol. The highest BCUT2D eigenvalue weighted by atomic mass is 79.9. The molecule has 1 heterocycles. The topological polar surface area (TPSA) is 26.3 Å². The first-order valence-corrected chi connectivity index (χ1v) is 7.75. The van der Waals surface area contributed by atoms with Crippen LogP contribution in [0.2, 0.25) is 0 Å². The van der Waals surface area contributed by atoms with E-state index in [1.165, 1.54) is 12.8 Å². The van der Waals surface area contributed by atoms with Crippen molar-refractivity contribution >= 4 is 33.0 Å². The van der Waals surface area contributed by atoms with Crippen molar-refractivity contribution in [1.29, 1.82) is 0 Å². The second-order valence-electron chi connectivity index (χ2n) is 4.58. The van der Waals surface area contributed by atoms with Gasteiger partial charge in [-0.1, -0.05) is 25.7 Å². The lowest BCUT2D eigenvalue weighted by molar-refractivity contribution is -0.00694. The molecule has 0 aliphatic heterocycles. The fourth-order valence-electron chi connectivity index (χ4n) is 2.51. The van der Waals surface area contributed by atoms with E-state index in [0.717, 1.165) is 35.7 Å². The van der Waals surface area contributed by atoms with Crippen molar-refractivity contribution in [3.63, 3.8) is 0 Å². The van der Waals surface area contributed by atoms with E-state index in [9.17, 15) is 4.79 Å². The van der Waals surface area contributed by atoms with Gasteiger partial charge >= 0.3 is 0 Å². The van der Waals surface area contributed by atoms with Gasteiger partial charge in [-0.2, -0.15) is 11.3 Å². The average Bonchev–Trinajstić information content (AvgIpc) is 2.64. The maximum atomic E-state index is 12.6. The van der Waals surface area contributed by atoms with E-state index >= 15 is 0 Å². The third-order valence-corrected chi connectivity index (χ3v) is 5.28. The van der Waals surface area contributed by atoms with Crippen molar-refractivity contribution in [2.75, 3.05) is 7.11 Å². The van der Waals surface area contributed by atoms with Gasteiger partial charge in [0.05, 0.1) is 0 Å². The molecule has 1 aliphatic carbocycles. The van der Waals surface area contributed by atoms with Crippen LogP contribution in [0.3, 0.4) is 0 Å². The number of carbonyl (C=O) groups excluding carboxylic acids is 1. The van der Waals surface area contributed by atoms with E-state index in [2.05, 4.69) is 15.9 Å². The van der Waals surface area contributed by atoms with Crippen LogP contribution in [0, 0.1) is 0 Å². The number of halogens is 1. The molecule has 0 unspecified atom stereocenters. The summed E-state index contributed by atoms with van der Waals surface area (Å²) in [4.78, 5) is 12.6. The van der Waals surface area contributed by atoms with Crippen LogP contribution < -0.4 is 0 Å². The molecule has 0 amide bonds. The summed E-state index contributed by atoms with van der Waals surface area (Å²) in [6.45, 7) is 0. The smallest absolute Gasteiger partial charge is 0.196 e. The molecule has 1 aromatic rings. The molecular formula is C13H17BrO2S. The van der Waals surface area contributed by atoms with E-state index in [4.69, 9.17) is 4.74 Å². The predicted octanol–water partition coefficient (Wildman–Crippen LogP) is 4.43. The highest BCUT2D eigenvalue weighted by Crippen LogP contribution is 2.35. The van der Waals surface area contributed by atoms with Crippen LogP contribution in [0.15, 0.2) is 15.2 Å². The van der Waals surface area contributed by atoms with E-state index < -0.39 is 5.60 Å². The summed E-state index contributed by atoms with van der Waals surface area (Å²) in [6, 6.07) is 0. The molecule has 0 aromatic carbocycles. The second-order valence-corrected chi connectivity index (χ2v) is 6.17. The Hall–Kier alpha value is -0.190. The summed E-state index contributed by atoms with van der Waals surface area (Å²) < 4.78 is 6.53. The first-order chi connectivity index (χ1) is 8.19. The number of thiophene rings is 1. The molecule has 4 heteroatoms. The minimum absolute atomic E-state index is 0.148. The second kappa shape index (κ2) is 5.63. The van der Waals surface area contributed by atoms with E-state index in [1.807, 2.05) is 10.8 Å². The van der Waals surface area contributed by atoms with Crippen molar-refractivity contribution in [3.05, 3.63) is 20.8 Å².